The zero-order valence-electron chi connectivity index (χ0n) is 21.2. The predicted octanol–water partition coefficient (Wildman–Crippen LogP) is 3.49. The van der Waals surface area contributed by atoms with Crippen LogP contribution >= 0.6 is 0 Å². The molecule has 1 fully saturated rings. The summed E-state index contributed by atoms with van der Waals surface area (Å²) in [5.74, 6) is -4.71. The molecule has 2 aromatic rings. The van der Waals surface area contributed by atoms with Gasteiger partial charge in [0.2, 0.25) is 18.4 Å². The summed E-state index contributed by atoms with van der Waals surface area (Å²) in [6, 6.07) is 15.8. The highest BCUT2D eigenvalue weighted by Gasteiger charge is 2.59. The van der Waals surface area contributed by atoms with Crippen molar-refractivity contribution in [3.63, 3.8) is 0 Å². The molecule has 3 aliphatic rings. The maximum Gasteiger partial charge on any atom is 0.320 e. The lowest BCUT2D eigenvalue weighted by Crippen LogP contribution is -2.49. The average molecular weight is 517 g/mol. The Morgan fingerprint density at radius 2 is 1.74 bits per heavy atom. The molecular formula is C29H28N2O7. The molecule has 0 spiro atoms. The van der Waals surface area contributed by atoms with Gasteiger partial charge >= 0.3 is 5.97 Å². The number of anilines is 1. The Bertz CT molecular complexity index is 1370. The van der Waals surface area contributed by atoms with Gasteiger partial charge in [-0.25, -0.2) is 0 Å². The van der Waals surface area contributed by atoms with E-state index in [0.717, 1.165) is 0 Å². The quantitative estimate of drug-likeness (QED) is 0.149. The SMILES string of the molecule is COC(=O)C1(C(C)=O)CC2=CC[C@H]3C(=O)N(c4ccccc4)C(=O)[C@H]3[C@@H]2Cc2ccccc2[C@@H]1C[N+](=O)[O-]. The summed E-state index contributed by atoms with van der Waals surface area (Å²) in [7, 11) is 1.17. The normalized spacial score (nSPS) is 28.3. The molecule has 1 saturated heterocycles. The van der Waals surface area contributed by atoms with Gasteiger partial charge in [0.1, 0.15) is 11.2 Å². The molecule has 2 amide bonds. The Balaban J connectivity index is 1.68. The Morgan fingerprint density at radius 3 is 2.39 bits per heavy atom. The van der Waals surface area contributed by atoms with Crippen molar-refractivity contribution in [3.05, 3.63) is 87.5 Å². The maximum atomic E-state index is 13.8. The van der Waals surface area contributed by atoms with E-state index in [0.29, 0.717) is 28.8 Å². The average Bonchev–Trinajstić information content (AvgIpc) is 3.15. The first-order valence-corrected chi connectivity index (χ1v) is 12.6. The number of carbonyl (C=O) groups is 4. The lowest BCUT2D eigenvalue weighted by molar-refractivity contribution is -0.485. The number of allylic oxidation sites excluding steroid dienone is 2. The molecule has 1 unspecified atom stereocenters. The van der Waals surface area contributed by atoms with Gasteiger partial charge in [-0.1, -0.05) is 54.1 Å². The van der Waals surface area contributed by atoms with Crippen LogP contribution in [0, 0.1) is 33.3 Å². The summed E-state index contributed by atoms with van der Waals surface area (Å²) < 4.78 is 5.12. The van der Waals surface area contributed by atoms with E-state index >= 15 is 0 Å². The van der Waals surface area contributed by atoms with Crippen molar-refractivity contribution in [2.75, 3.05) is 18.6 Å². The third-order valence-electron chi connectivity index (χ3n) is 8.49. The summed E-state index contributed by atoms with van der Waals surface area (Å²) in [5.41, 5.74) is 0.570. The number of hydrogen-bond acceptors (Lipinski definition) is 7. The maximum absolute atomic E-state index is 13.8. The number of hydrogen-bond donors (Lipinski definition) is 0. The van der Waals surface area contributed by atoms with Crippen molar-refractivity contribution in [2.24, 2.45) is 23.2 Å². The van der Waals surface area contributed by atoms with Crippen molar-refractivity contribution in [2.45, 2.75) is 32.1 Å². The number of esters is 1. The number of ketones is 1. The van der Waals surface area contributed by atoms with Crippen LogP contribution in [0.1, 0.15) is 36.8 Å². The first kappa shape index (κ1) is 25.5. The molecule has 9 heteroatoms. The lowest BCUT2D eigenvalue weighted by atomic mass is 9.58. The van der Waals surface area contributed by atoms with Crippen LogP contribution in [0.3, 0.4) is 0 Å². The Kier molecular flexibility index (Phi) is 6.46. The molecule has 196 valence electrons. The Labute approximate surface area is 219 Å². The van der Waals surface area contributed by atoms with Crippen molar-refractivity contribution < 1.29 is 28.8 Å². The largest absolute Gasteiger partial charge is 0.468 e. The van der Waals surface area contributed by atoms with E-state index in [1.165, 1.54) is 18.9 Å². The molecular weight excluding hydrogens is 488 g/mol. The number of para-hydroxylation sites is 1. The van der Waals surface area contributed by atoms with Crippen LogP contribution in [0.4, 0.5) is 5.69 Å². The van der Waals surface area contributed by atoms with Crippen LogP contribution in [-0.2, 0) is 30.3 Å². The molecule has 1 heterocycles. The zero-order valence-corrected chi connectivity index (χ0v) is 21.2. The number of ether oxygens (including phenoxy) is 1. The number of nitro groups is 1. The third kappa shape index (κ3) is 3.84. The first-order chi connectivity index (χ1) is 18.2. The van der Waals surface area contributed by atoms with Crippen molar-refractivity contribution >= 4 is 29.3 Å². The molecule has 5 rings (SSSR count). The second-order valence-corrected chi connectivity index (χ2v) is 10.3. The highest BCUT2D eigenvalue weighted by atomic mass is 16.6. The van der Waals surface area contributed by atoms with Crippen molar-refractivity contribution in [1.82, 2.24) is 0 Å². The van der Waals surface area contributed by atoms with Gasteiger partial charge in [-0.2, -0.15) is 0 Å². The highest BCUT2D eigenvalue weighted by Crippen LogP contribution is 2.53. The van der Waals surface area contributed by atoms with Crippen molar-refractivity contribution in [1.29, 1.82) is 0 Å². The van der Waals surface area contributed by atoms with Crippen LogP contribution in [0.15, 0.2) is 66.2 Å². The number of methoxy groups -OCH3 is 1. The number of carbonyl (C=O) groups excluding carboxylic acids is 4. The van der Waals surface area contributed by atoms with Crippen LogP contribution in [-0.4, -0.2) is 42.1 Å². The van der Waals surface area contributed by atoms with Gasteiger partial charge in [0.25, 0.3) is 0 Å². The third-order valence-corrected chi connectivity index (χ3v) is 8.49. The van der Waals surface area contributed by atoms with Gasteiger partial charge in [0.05, 0.1) is 30.6 Å². The van der Waals surface area contributed by atoms with Gasteiger partial charge in [0, 0.05) is 4.92 Å². The standard InChI is InChI=1S/C29H28N2O7/c1-17(32)29(28(35)38-2)15-19-12-13-22-25(27(34)31(26(22)33)20-9-4-3-5-10-20)23(19)14-18-8-6-7-11-21(18)24(29)16-30(36)37/h3-12,22-25H,13-16H2,1-2H3/t22-,23-,24+,25-,29?/m1/s1. The van der Waals surface area contributed by atoms with Gasteiger partial charge in [-0.15, -0.1) is 0 Å². The fourth-order valence-corrected chi connectivity index (χ4v) is 6.72. The zero-order chi connectivity index (χ0) is 27.2. The van der Waals surface area contributed by atoms with E-state index < -0.39 is 52.3 Å². The summed E-state index contributed by atoms with van der Waals surface area (Å²) in [6.07, 6.45) is 2.38. The minimum absolute atomic E-state index is 0.109. The van der Waals surface area contributed by atoms with E-state index in [9.17, 15) is 29.3 Å². The molecule has 5 atom stereocenters. The second-order valence-electron chi connectivity index (χ2n) is 10.3. The topological polar surface area (TPSA) is 124 Å². The molecule has 0 aromatic heterocycles. The van der Waals surface area contributed by atoms with E-state index in [1.807, 2.05) is 18.2 Å². The van der Waals surface area contributed by atoms with Gasteiger partial charge in [-0.05, 0) is 55.4 Å². The summed E-state index contributed by atoms with van der Waals surface area (Å²) in [5, 5.41) is 11.8. The lowest BCUT2D eigenvalue weighted by Gasteiger charge is -2.42. The molecule has 9 nitrogen and oxygen atoms in total. The molecule has 2 aliphatic carbocycles. The summed E-state index contributed by atoms with van der Waals surface area (Å²) >= 11 is 0. The van der Waals surface area contributed by atoms with Gasteiger partial charge in [0.15, 0.2) is 0 Å². The van der Waals surface area contributed by atoms with Crippen LogP contribution in [0.25, 0.3) is 0 Å². The molecule has 1 aliphatic heterocycles. The van der Waals surface area contributed by atoms with Gasteiger partial charge < -0.3 is 4.74 Å². The van der Waals surface area contributed by atoms with Crippen LogP contribution < -0.4 is 4.90 Å². The molecule has 0 radical (unpaired) electrons. The Morgan fingerprint density at radius 1 is 1.05 bits per heavy atom. The number of rotatable bonds is 5. The van der Waals surface area contributed by atoms with E-state index in [-0.39, 0.29) is 24.7 Å². The first-order valence-electron chi connectivity index (χ1n) is 12.6. The van der Waals surface area contributed by atoms with E-state index in [1.54, 1.807) is 42.5 Å². The van der Waals surface area contributed by atoms with E-state index in [2.05, 4.69) is 0 Å². The van der Waals surface area contributed by atoms with Crippen molar-refractivity contribution in [3.8, 4) is 0 Å². The van der Waals surface area contributed by atoms with Crippen LogP contribution in [0.2, 0.25) is 0 Å². The molecule has 38 heavy (non-hydrogen) atoms. The monoisotopic (exact) mass is 516 g/mol. The number of imide groups is 1. The Hall–Kier alpha value is -4.14. The summed E-state index contributed by atoms with van der Waals surface area (Å²) in [4.78, 5) is 66.6. The highest BCUT2D eigenvalue weighted by molar-refractivity contribution is 6.22. The number of Topliss-reactive ketones (excluding diaryl/α,β-unsaturated/α-hetero) is 1. The number of fused-ring (bicyclic) bond motifs is 4. The van der Waals surface area contributed by atoms with E-state index in [4.69, 9.17) is 4.74 Å². The number of nitrogens with zero attached hydrogens (tertiary/aromatic N) is 2. The minimum Gasteiger partial charge on any atom is -0.468 e. The number of benzene rings is 2. The molecule has 0 N–H and O–H groups in total. The van der Waals surface area contributed by atoms with Crippen LogP contribution in [0.5, 0.6) is 0 Å². The fraction of sp³-hybridized carbons (Fsp3) is 0.379. The number of amides is 2. The smallest absolute Gasteiger partial charge is 0.320 e. The second kappa shape index (κ2) is 9.63. The minimum atomic E-state index is -1.85. The molecule has 2 aromatic carbocycles. The predicted molar refractivity (Wildman–Crippen MR) is 137 cm³/mol. The van der Waals surface area contributed by atoms with Gasteiger partial charge in [-0.3, -0.25) is 34.2 Å². The fourth-order valence-electron chi connectivity index (χ4n) is 6.72. The summed E-state index contributed by atoms with van der Waals surface area (Å²) in [6.45, 7) is 0.631. The molecule has 0 saturated carbocycles. The molecule has 0 bridgehead atoms.